The molecular formula is C17H22N4O2S. The number of nitrogens with zero attached hydrogens (tertiary/aromatic N) is 3. The lowest BCUT2D eigenvalue weighted by Crippen LogP contribution is -2.47. The molecule has 0 aliphatic carbocycles. The van der Waals surface area contributed by atoms with Crippen LogP contribution in [-0.4, -0.2) is 51.9 Å². The maximum Gasteiger partial charge on any atom is 0.254 e. The molecule has 6 nitrogen and oxygen atoms in total. The second kappa shape index (κ2) is 6.66. The molecule has 24 heavy (non-hydrogen) atoms. The molecule has 1 amide bonds. The van der Waals surface area contributed by atoms with Crippen molar-refractivity contribution in [3.05, 3.63) is 40.3 Å². The van der Waals surface area contributed by atoms with Gasteiger partial charge in [0.2, 0.25) is 0 Å². The van der Waals surface area contributed by atoms with Gasteiger partial charge in [-0.3, -0.25) is 14.4 Å². The fourth-order valence-corrected chi connectivity index (χ4v) is 4.49. The van der Waals surface area contributed by atoms with E-state index in [4.69, 9.17) is 4.74 Å². The van der Waals surface area contributed by atoms with Crippen LogP contribution in [0.5, 0.6) is 0 Å². The molecule has 0 unspecified atom stereocenters. The van der Waals surface area contributed by atoms with Gasteiger partial charge in [-0.15, -0.1) is 11.3 Å². The topological polar surface area (TPSA) is 59.4 Å². The minimum Gasteiger partial charge on any atom is -0.374 e. The van der Waals surface area contributed by atoms with Crippen LogP contribution in [0.4, 0.5) is 0 Å². The second-order valence-electron chi connectivity index (χ2n) is 6.54. The number of hydrogen-bond donors (Lipinski definition) is 1. The SMILES string of the molecule is Cn1cc(C(=O)N[C@@H]2CN(Cc3cccs3)[C@H]3CCCO[C@@H]23)cn1. The molecule has 2 aliphatic heterocycles. The van der Waals surface area contributed by atoms with Gasteiger partial charge in [0.1, 0.15) is 0 Å². The van der Waals surface area contributed by atoms with Gasteiger partial charge in [-0.05, 0) is 24.3 Å². The summed E-state index contributed by atoms with van der Waals surface area (Å²) in [4.78, 5) is 16.3. The average Bonchev–Trinajstić information content (AvgIpc) is 3.30. The van der Waals surface area contributed by atoms with Crippen LogP contribution in [0.2, 0.25) is 0 Å². The fraction of sp³-hybridized carbons (Fsp3) is 0.529. The van der Waals surface area contributed by atoms with Crippen LogP contribution in [0.25, 0.3) is 0 Å². The van der Waals surface area contributed by atoms with E-state index in [9.17, 15) is 4.79 Å². The molecule has 2 aliphatic rings. The molecule has 4 rings (SSSR count). The highest BCUT2D eigenvalue weighted by molar-refractivity contribution is 7.09. The Kier molecular flexibility index (Phi) is 4.39. The Balaban J connectivity index is 1.47. The zero-order valence-electron chi connectivity index (χ0n) is 13.7. The molecule has 3 atom stereocenters. The molecule has 1 N–H and O–H groups in total. The van der Waals surface area contributed by atoms with Crippen molar-refractivity contribution < 1.29 is 9.53 Å². The third-order valence-corrected chi connectivity index (χ3v) is 5.71. The zero-order chi connectivity index (χ0) is 16.5. The number of hydrogen-bond acceptors (Lipinski definition) is 5. The molecule has 0 aromatic carbocycles. The van der Waals surface area contributed by atoms with Crippen LogP contribution < -0.4 is 5.32 Å². The summed E-state index contributed by atoms with van der Waals surface area (Å²) in [7, 11) is 1.81. The van der Waals surface area contributed by atoms with E-state index in [1.807, 2.05) is 7.05 Å². The van der Waals surface area contributed by atoms with E-state index in [2.05, 4.69) is 32.8 Å². The smallest absolute Gasteiger partial charge is 0.254 e. The Labute approximate surface area is 145 Å². The van der Waals surface area contributed by atoms with E-state index >= 15 is 0 Å². The molecule has 0 radical (unpaired) electrons. The van der Waals surface area contributed by atoms with Crippen LogP contribution in [0.3, 0.4) is 0 Å². The molecule has 0 bridgehead atoms. The van der Waals surface area contributed by atoms with Gasteiger partial charge in [0.15, 0.2) is 0 Å². The summed E-state index contributed by atoms with van der Waals surface area (Å²) in [5, 5.41) is 9.35. The minimum atomic E-state index is -0.0704. The zero-order valence-corrected chi connectivity index (χ0v) is 14.5. The molecular weight excluding hydrogens is 324 g/mol. The van der Waals surface area contributed by atoms with Gasteiger partial charge in [-0.1, -0.05) is 6.07 Å². The van der Waals surface area contributed by atoms with E-state index in [1.54, 1.807) is 28.4 Å². The third-order valence-electron chi connectivity index (χ3n) is 4.85. The molecule has 2 saturated heterocycles. The van der Waals surface area contributed by atoms with Crippen LogP contribution in [0, 0.1) is 0 Å². The summed E-state index contributed by atoms with van der Waals surface area (Å²) in [6.45, 7) is 2.55. The summed E-state index contributed by atoms with van der Waals surface area (Å²) in [6, 6.07) is 4.68. The highest BCUT2D eigenvalue weighted by atomic mass is 32.1. The quantitative estimate of drug-likeness (QED) is 0.914. The number of fused-ring (bicyclic) bond motifs is 1. The lowest BCUT2D eigenvalue weighted by atomic mass is 10.0. The van der Waals surface area contributed by atoms with E-state index in [-0.39, 0.29) is 18.1 Å². The number of carbonyl (C=O) groups is 1. The Morgan fingerprint density at radius 3 is 3.21 bits per heavy atom. The van der Waals surface area contributed by atoms with Crippen molar-refractivity contribution >= 4 is 17.2 Å². The molecule has 0 saturated carbocycles. The largest absolute Gasteiger partial charge is 0.374 e. The molecule has 0 spiro atoms. The van der Waals surface area contributed by atoms with Crippen LogP contribution in [0.1, 0.15) is 28.1 Å². The lowest BCUT2D eigenvalue weighted by Gasteiger charge is -2.32. The summed E-state index contributed by atoms with van der Waals surface area (Å²) < 4.78 is 7.68. The van der Waals surface area contributed by atoms with Gasteiger partial charge in [-0.25, -0.2) is 0 Å². The Morgan fingerprint density at radius 1 is 1.54 bits per heavy atom. The number of likely N-dealkylation sites (tertiary alicyclic amines) is 1. The molecule has 2 aromatic heterocycles. The number of rotatable bonds is 4. The number of carbonyl (C=O) groups excluding carboxylic acids is 1. The predicted octanol–water partition coefficient (Wildman–Crippen LogP) is 1.64. The fourth-order valence-electron chi connectivity index (χ4n) is 3.76. The van der Waals surface area contributed by atoms with E-state index in [0.717, 1.165) is 32.5 Å². The first-order valence-electron chi connectivity index (χ1n) is 8.38. The molecule has 128 valence electrons. The van der Waals surface area contributed by atoms with Crippen molar-refractivity contribution in [2.24, 2.45) is 7.05 Å². The third kappa shape index (κ3) is 3.11. The maximum absolute atomic E-state index is 12.5. The molecule has 2 aromatic rings. The second-order valence-corrected chi connectivity index (χ2v) is 7.57. The van der Waals surface area contributed by atoms with E-state index in [1.165, 1.54) is 4.88 Å². The van der Waals surface area contributed by atoms with Gasteiger partial charge >= 0.3 is 0 Å². The summed E-state index contributed by atoms with van der Waals surface area (Å²) in [5.41, 5.74) is 0.599. The number of ether oxygens (including phenoxy) is 1. The first-order chi connectivity index (χ1) is 11.7. The predicted molar refractivity (Wildman–Crippen MR) is 92.0 cm³/mol. The first kappa shape index (κ1) is 15.8. The standard InChI is InChI=1S/C17H22N4O2S/c1-20-9-12(8-18-20)17(22)19-14-11-21(10-13-4-3-7-24-13)15-5-2-6-23-16(14)15/h3-4,7-9,14-16H,2,5-6,10-11H2,1H3,(H,19,22)/t14-,15+,16+/m1/s1. The average molecular weight is 346 g/mol. The van der Waals surface area contributed by atoms with Crippen molar-refractivity contribution in [3.63, 3.8) is 0 Å². The van der Waals surface area contributed by atoms with Crippen molar-refractivity contribution in [1.29, 1.82) is 0 Å². The highest BCUT2D eigenvalue weighted by Crippen LogP contribution is 2.31. The Hall–Kier alpha value is -1.70. The summed E-state index contributed by atoms with van der Waals surface area (Å²) in [5.74, 6) is -0.0704. The number of amides is 1. The van der Waals surface area contributed by atoms with Gasteiger partial charge < -0.3 is 10.1 Å². The molecule has 4 heterocycles. The Morgan fingerprint density at radius 2 is 2.46 bits per heavy atom. The molecule has 7 heteroatoms. The van der Waals surface area contributed by atoms with Crippen molar-refractivity contribution in [3.8, 4) is 0 Å². The number of nitrogens with one attached hydrogen (secondary N) is 1. The highest BCUT2D eigenvalue weighted by Gasteiger charge is 2.44. The normalized spacial score (nSPS) is 27.1. The van der Waals surface area contributed by atoms with Crippen LogP contribution >= 0.6 is 11.3 Å². The van der Waals surface area contributed by atoms with Crippen molar-refractivity contribution in [1.82, 2.24) is 20.0 Å². The van der Waals surface area contributed by atoms with Gasteiger partial charge in [0.25, 0.3) is 5.91 Å². The Bertz CT molecular complexity index is 699. The van der Waals surface area contributed by atoms with Gasteiger partial charge in [-0.2, -0.15) is 5.10 Å². The molecule has 2 fully saturated rings. The monoisotopic (exact) mass is 346 g/mol. The van der Waals surface area contributed by atoms with Crippen LogP contribution in [-0.2, 0) is 18.3 Å². The van der Waals surface area contributed by atoms with Crippen LogP contribution in [0.15, 0.2) is 29.9 Å². The van der Waals surface area contributed by atoms with Gasteiger partial charge in [0, 0.05) is 43.9 Å². The number of aromatic nitrogens is 2. The minimum absolute atomic E-state index is 0.0305. The van der Waals surface area contributed by atoms with Crippen molar-refractivity contribution in [2.45, 2.75) is 37.6 Å². The maximum atomic E-state index is 12.5. The number of thiophene rings is 1. The first-order valence-corrected chi connectivity index (χ1v) is 9.26. The lowest BCUT2D eigenvalue weighted by molar-refractivity contribution is -0.0210. The van der Waals surface area contributed by atoms with Gasteiger partial charge in [0.05, 0.1) is 23.9 Å². The summed E-state index contributed by atoms with van der Waals surface area (Å²) >= 11 is 1.78. The summed E-state index contributed by atoms with van der Waals surface area (Å²) in [6.07, 6.45) is 5.65. The number of aryl methyl sites for hydroxylation is 1. The van der Waals surface area contributed by atoms with Crippen molar-refractivity contribution in [2.75, 3.05) is 13.2 Å². The van der Waals surface area contributed by atoms with E-state index in [0.29, 0.717) is 11.6 Å². The van der Waals surface area contributed by atoms with E-state index < -0.39 is 0 Å².